The van der Waals surface area contributed by atoms with Crippen LogP contribution in [0.4, 0.5) is 0 Å². The van der Waals surface area contributed by atoms with Crippen LogP contribution in [0.2, 0.25) is 0 Å². The van der Waals surface area contributed by atoms with Gasteiger partial charge >= 0.3 is 0 Å². The second-order valence-corrected chi connectivity index (χ2v) is 5.04. The Kier molecular flexibility index (Phi) is 1.99. The van der Waals surface area contributed by atoms with Crippen molar-refractivity contribution in [2.75, 3.05) is 0 Å². The standard InChI is InChI=1S/C9H6N4O3S/c14-17(15,13-6-2-5-10-13)8-4-1-3-7-9(8)12-16-11-7/h1-6H. The Morgan fingerprint density at radius 1 is 1.18 bits per heavy atom. The van der Waals surface area contributed by atoms with Crippen LogP contribution in [0.15, 0.2) is 46.2 Å². The van der Waals surface area contributed by atoms with Gasteiger partial charge in [0, 0.05) is 6.20 Å². The fourth-order valence-electron chi connectivity index (χ4n) is 1.49. The van der Waals surface area contributed by atoms with Crippen LogP contribution in [0.5, 0.6) is 0 Å². The number of fused-ring (bicyclic) bond motifs is 1. The lowest BCUT2D eigenvalue weighted by Crippen LogP contribution is -2.13. The highest BCUT2D eigenvalue weighted by Crippen LogP contribution is 2.21. The quantitative estimate of drug-likeness (QED) is 0.663. The van der Waals surface area contributed by atoms with Crippen molar-refractivity contribution in [3.05, 3.63) is 36.7 Å². The molecule has 0 aliphatic heterocycles. The fraction of sp³-hybridized carbons (Fsp3) is 0. The molecule has 0 aliphatic carbocycles. The zero-order valence-electron chi connectivity index (χ0n) is 8.39. The minimum absolute atomic E-state index is 0.0138. The molecule has 0 N–H and O–H groups in total. The van der Waals surface area contributed by atoms with Crippen LogP contribution in [0.1, 0.15) is 0 Å². The molecule has 0 aliphatic rings. The molecule has 0 spiro atoms. The summed E-state index contributed by atoms with van der Waals surface area (Å²) in [4.78, 5) is 0.0138. The van der Waals surface area contributed by atoms with Gasteiger partial charge in [-0.3, -0.25) is 0 Å². The number of hydrogen-bond acceptors (Lipinski definition) is 6. The summed E-state index contributed by atoms with van der Waals surface area (Å²) >= 11 is 0. The van der Waals surface area contributed by atoms with Crippen molar-refractivity contribution in [3.8, 4) is 0 Å². The molecule has 2 aromatic heterocycles. The van der Waals surface area contributed by atoms with Gasteiger partial charge in [0.1, 0.15) is 10.4 Å². The first-order chi connectivity index (χ1) is 8.19. The van der Waals surface area contributed by atoms with Crippen molar-refractivity contribution in [2.24, 2.45) is 0 Å². The molecule has 86 valence electrons. The van der Waals surface area contributed by atoms with Gasteiger partial charge in [0.05, 0.1) is 6.20 Å². The van der Waals surface area contributed by atoms with Gasteiger partial charge in [-0.1, -0.05) is 6.07 Å². The molecule has 0 fully saturated rings. The van der Waals surface area contributed by atoms with Gasteiger partial charge in [-0.15, -0.1) is 0 Å². The second-order valence-electron chi connectivity index (χ2n) is 3.27. The Hall–Kier alpha value is -2.22. The summed E-state index contributed by atoms with van der Waals surface area (Å²) in [6.45, 7) is 0. The lowest BCUT2D eigenvalue weighted by molar-refractivity contribution is 0.315. The molecule has 0 bridgehead atoms. The number of rotatable bonds is 2. The van der Waals surface area contributed by atoms with E-state index in [0.29, 0.717) is 5.52 Å². The summed E-state index contributed by atoms with van der Waals surface area (Å²) in [6.07, 6.45) is 2.74. The molecule has 2 heterocycles. The monoisotopic (exact) mass is 250 g/mol. The summed E-state index contributed by atoms with van der Waals surface area (Å²) in [5.74, 6) is 0. The number of nitrogens with zero attached hydrogens (tertiary/aromatic N) is 4. The molecule has 0 atom stereocenters. The molecule has 0 saturated heterocycles. The van der Waals surface area contributed by atoms with E-state index in [2.05, 4.69) is 20.0 Å². The van der Waals surface area contributed by atoms with Crippen molar-refractivity contribution < 1.29 is 13.0 Å². The highest BCUT2D eigenvalue weighted by Gasteiger charge is 2.22. The summed E-state index contributed by atoms with van der Waals surface area (Å²) in [5, 5.41) is 10.9. The van der Waals surface area contributed by atoms with Gasteiger partial charge in [-0.2, -0.15) is 17.6 Å². The van der Waals surface area contributed by atoms with Crippen LogP contribution in [0.3, 0.4) is 0 Å². The predicted molar refractivity (Wildman–Crippen MR) is 56.6 cm³/mol. The van der Waals surface area contributed by atoms with Crippen LogP contribution < -0.4 is 0 Å². The number of benzene rings is 1. The van der Waals surface area contributed by atoms with E-state index < -0.39 is 10.0 Å². The average molecular weight is 250 g/mol. The molecule has 17 heavy (non-hydrogen) atoms. The van der Waals surface area contributed by atoms with Crippen LogP contribution in [-0.4, -0.2) is 27.9 Å². The molecule has 8 heteroatoms. The van der Waals surface area contributed by atoms with E-state index in [1.165, 1.54) is 24.5 Å². The third-order valence-electron chi connectivity index (χ3n) is 2.25. The van der Waals surface area contributed by atoms with Crippen LogP contribution in [0.25, 0.3) is 11.0 Å². The lowest BCUT2D eigenvalue weighted by atomic mass is 10.3. The first-order valence-electron chi connectivity index (χ1n) is 4.66. The fourth-order valence-corrected chi connectivity index (χ4v) is 2.73. The third kappa shape index (κ3) is 1.41. The van der Waals surface area contributed by atoms with Crippen LogP contribution >= 0.6 is 0 Å². The van der Waals surface area contributed by atoms with E-state index in [-0.39, 0.29) is 10.4 Å². The van der Waals surface area contributed by atoms with Crippen molar-refractivity contribution in [3.63, 3.8) is 0 Å². The molecular weight excluding hydrogens is 244 g/mol. The van der Waals surface area contributed by atoms with Gasteiger partial charge in [-0.05, 0) is 28.5 Å². The summed E-state index contributed by atoms with van der Waals surface area (Å²) in [7, 11) is -3.75. The molecule has 7 nitrogen and oxygen atoms in total. The maximum Gasteiger partial charge on any atom is 0.285 e. The number of aromatic nitrogens is 4. The Labute approximate surface area is 95.7 Å². The zero-order chi connectivity index (χ0) is 11.9. The summed E-state index contributed by atoms with van der Waals surface area (Å²) in [5.41, 5.74) is 0.584. The maximum absolute atomic E-state index is 12.2. The van der Waals surface area contributed by atoms with E-state index in [4.69, 9.17) is 0 Å². The smallest absolute Gasteiger partial charge is 0.243 e. The summed E-state index contributed by atoms with van der Waals surface area (Å²) in [6, 6.07) is 6.15. The van der Waals surface area contributed by atoms with E-state index in [1.807, 2.05) is 0 Å². The van der Waals surface area contributed by atoms with Crippen LogP contribution in [0, 0.1) is 0 Å². The maximum atomic E-state index is 12.2. The highest BCUT2D eigenvalue weighted by atomic mass is 32.2. The van der Waals surface area contributed by atoms with Gasteiger partial charge in [0.15, 0.2) is 5.52 Å². The van der Waals surface area contributed by atoms with E-state index in [9.17, 15) is 8.42 Å². The third-order valence-corrected chi connectivity index (χ3v) is 3.85. The summed E-state index contributed by atoms with van der Waals surface area (Å²) < 4.78 is 29.8. The topological polar surface area (TPSA) is 90.9 Å². The Morgan fingerprint density at radius 2 is 2.06 bits per heavy atom. The Morgan fingerprint density at radius 3 is 2.82 bits per heavy atom. The first kappa shape index (κ1) is 9.97. The van der Waals surface area contributed by atoms with Gasteiger partial charge in [0.2, 0.25) is 0 Å². The average Bonchev–Trinajstić information content (AvgIpc) is 2.99. The predicted octanol–water partition coefficient (Wildman–Crippen LogP) is 0.656. The number of hydrogen-bond donors (Lipinski definition) is 0. The van der Waals surface area contributed by atoms with Gasteiger partial charge < -0.3 is 0 Å². The van der Waals surface area contributed by atoms with Gasteiger partial charge in [0.25, 0.3) is 10.0 Å². The molecule has 0 saturated carbocycles. The Bertz CT molecular complexity index is 761. The van der Waals surface area contributed by atoms with E-state index in [0.717, 1.165) is 4.09 Å². The largest absolute Gasteiger partial charge is 0.285 e. The van der Waals surface area contributed by atoms with Gasteiger partial charge in [-0.25, -0.2) is 4.63 Å². The van der Waals surface area contributed by atoms with Crippen molar-refractivity contribution in [1.82, 2.24) is 19.5 Å². The molecular formula is C9H6N4O3S. The van der Waals surface area contributed by atoms with Crippen molar-refractivity contribution in [2.45, 2.75) is 4.90 Å². The minimum Gasteiger partial charge on any atom is -0.243 e. The highest BCUT2D eigenvalue weighted by molar-refractivity contribution is 7.90. The van der Waals surface area contributed by atoms with Crippen molar-refractivity contribution >= 4 is 21.1 Å². The molecule has 3 aromatic rings. The zero-order valence-corrected chi connectivity index (χ0v) is 9.20. The second kappa shape index (κ2) is 3.39. The van der Waals surface area contributed by atoms with E-state index in [1.54, 1.807) is 12.1 Å². The molecule has 0 radical (unpaired) electrons. The first-order valence-corrected chi connectivity index (χ1v) is 6.10. The lowest BCUT2D eigenvalue weighted by Gasteiger charge is -2.03. The minimum atomic E-state index is -3.75. The Balaban J connectivity index is 2.33. The molecule has 0 unspecified atom stereocenters. The molecule has 3 rings (SSSR count). The van der Waals surface area contributed by atoms with Crippen molar-refractivity contribution in [1.29, 1.82) is 0 Å². The SMILES string of the molecule is O=S(=O)(c1cccc2nonc12)n1cccn1. The molecule has 0 amide bonds. The normalized spacial score (nSPS) is 12.0. The molecule has 1 aromatic carbocycles. The van der Waals surface area contributed by atoms with E-state index >= 15 is 0 Å². The van der Waals surface area contributed by atoms with Crippen LogP contribution in [-0.2, 0) is 10.0 Å².